The lowest BCUT2D eigenvalue weighted by Crippen LogP contribution is -2.42. The molecule has 5 heterocycles. The maximum absolute atomic E-state index is 11.5. The van der Waals surface area contributed by atoms with Crippen molar-refractivity contribution in [2.24, 2.45) is 5.73 Å². The van der Waals surface area contributed by atoms with Gasteiger partial charge >= 0.3 is 0 Å². The Morgan fingerprint density at radius 2 is 2.09 bits per heavy atom. The molecule has 0 aromatic carbocycles. The highest BCUT2D eigenvalue weighted by molar-refractivity contribution is 7.18. The summed E-state index contributed by atoms with van der Waals surface area (Å²) in [7, 11) is 0. The summed E-state index contributed by atoms with van der Waals surface area (Å²) in [5.74, 6) is -0.217. The minimum absolute atomic E-state index is 0.0160. The Hall–Kier alpha value is -3.67. The van der Waals surface area contributed by atoms with Gasteiger partial charge in [0.15, 0.2) is 5.65 Å². The first-order valence-corrected chi connectivity index (χ1v) is 11.7. The molecule has 0 aliphatic carbocycles. The van der Waals surface area contributed by atoms with E-state index in [1.165, 1.54) is 23.7 Å². The van der Waals surface area contributed by atoms with Crippen LogP contribution in [0.15, 0.2) is 49.3 Å². The van der Waals surface area contributed by atoms with Crippen LogP contribution >= 0.6 is 11.3 Å². The minimum atomic E-state index is -0.702. The van der Waals surface area contributed by atoms with Crippen molar-refractivity contribution in [3.8, 4) is 21.1 Å². The maximum Gasteiger partial charge on any atom is 0.267 e. The number of fused-ring (bicyclic) bond motifs is 1. The summed E-state index contributed by atoms with van der Waals surface area (Å²) in [5, 5.41) is 15.9. The molecule has 1 amide bonds. The topological polar surface area (TPSA) is 149 Å². The van der Waals surface area contributed by atoms with E-state index in [9.17, 15) is 9.90 Å². The van der Waals surface area contributed by atoms with Crippen molar-refractivity contribution in [2.75, 3.05) is 18.8 Å². The minimum Gasteiger partial charge on any atom is -0.383 e. The second-order valence-electron chi connectivity index (χ2n) is 8.13. The zero-order chi connectivity index (χ0) is 23.8. The lowest BCUT2D eigenvalue weighted by Gasteiger charge is -2.34. The molecule has 4 aromatic heterocycles. The van der Waals surface area contributed by atoms with E-state index < -0.39 is 12.1 Å². The predicted molar refractivity (Wildman–Crippen MR) is 131 cm³/mol. The van der Waals surface area contributed by atoms with Gasteiger partial charge in [-0.25, -0.2) is 19.6 Å². The van der Waals surface area contributed by atoms with Crippen molar-refractivity contribution >= 4 is 34.1 Å². The molecule has 5 N–H and O–H groups in total. The number of rotatable bonds is 6. The number of nitrogens with zero attached hydrogens (tertiary/aromatic N) is 6. The van der Waals surface area contributed by atoms with Gasteiger partial charge in [-0.05, 0) is 43.2 Å². The Morgan fingerprint density at radius 3 is 2.88 bits per heavy atom. The van der Waals surface area contributed by atoms with Gasteiger partial charge in [-0.2, -0.15) is 5.10 Å². The second-order valence-corrected chi connectivity index (χ2v) is 9.21. The first-order valence-electron chi connectivity index (χ1n) is 10.9. The van der Waals surface area contributed by atoms with Crippen LogP contribution in [0.2, 0.25) is 0 Å². The van der Waals surface area contributed by atoms with Crippen molar-refractivity contribution < 1.29 is 9.90 Å². The summed E-state index contributed by atoms with van der Waals surface area (Å²) in [5.41, 5.74) is 13.9. The fourth-order valence-electron chi connectivity index (χ4n) is 4.31. The van der Waals surface area contributed by atoms with E-state index in [1.54, 1.807) is 12.1 Å². The van der Waals surface area contributed by atoms with Crippen LogP contribution in [0.1, 0.15) is 29.4 Å². The number of aromatic nitrogens is 5. The highest BCUT2D eigenvalue weighted by Crippen LogP contribution is 2.39. The van der Waals surface area contributed by atoms with Crippen LogP contribution in [0.25, 0.3) is 32.2 Å². The number of aliphatic hydroxyl groups is 1. The maximum atomic E-state index is 11.5. The number of primary amides is 1. The number of piperidine rings is 1. The highest BCUT2D eigenvalue weighted by atomic mass is 32.1. The summed E-state index contributed by atoms with van der Waals surface area (Å²) in [6.07, 6.45) is 4.09. The summed E-state index contributed by atoms with van der Waals surface area (Å²) < 4.78 is 1.90. The van der Waals surface area contributed by atoms with Gasteiger partial charge in [0, 0.05) is 13.1 Å². The molecule has 0 saturated carbocycles. The van der Waals surface area contributed by atoms with E-state index in [0.717, 1.165) is 29.1 Å². The number of nitrogen functional groups attached to an aromatic ring is 1. The van der Waals surface area contributed by atoms with Crippen molar-refractivity contribution in [2.45, 2.75) is 25.1 Å². The SMILES string of the molecule is C=CC(O)N1CCC[C@@H](n2nc(-c3ccc(-c4cccc(C(N)=O)n4)s3)c3c(N)ncnc32)C1. The molecule has 0 radical (unpaired) electrons. The van der Waals surface area contributed by atoms with Crippen molar-refractivity contribution in [1.29, 1.82) is 0 Å². The summed E-state index contributed by atoms with van der Waals surface area (Å²) in [6, 6.07) is 9.07. The van der Waals surface area contributed by atoms with Gasteiger partial charge in [0.05, 0.1) is 26.9 Å². The number of nitrogens with two attached hydrogens (primary N) is 2. The molecule has 1 unspecified atom stereocenters. The van der Waals surface area contributed by atoms with Crippen LogP contribution in [0, 0.1) is 0 Å². The highest BCUT2D eigenvalue weighted by Gasteiger charge is 2.28. The summed E-state index contributed by atoms with van der Waals surface area (Å²) >= 11 is 1.49. The van der Waals surface area contributed by atoms with Gasteiger partial charge in [0.25, 0.3) is 5.91 Å². The lowest BCUT2D eigenvalue weighted by atomic mass is 10.1. The zero-order valence-corrected chi connectivity index (χ0v) is 19.1. The Morgan fingerprint density at radius 1 is 1.26 bits per heavy atom. The van der Waals surface area contributed by atoms with Gasteiger partial charge < -0.3 is 16.6 Å². The molecular formula is C23H24N8O2S. The molecule has 1 saturated heterocycles. The normalized spacial score (nSPS) is 17.6. The third-order valence-electron chi connectivity index (χ3n) is 5.97. The van der Waals surface area contributed by atoms with Gasteiger partial charge in [-0.1, -0.05) is 12.6 Å². The van der Waals surface area contributed by atoms with Crippen molar-refractivity contribution in [3.05, 3.63) is 55.0 Å². The molecule has 5 rings (SSSR count). The average molecular weight is 477 g/mol. The molecule has 10 nitrogen and oxygen atoms in total. The Balaban J connectivity index is 1.56. The molecule has 11 heteroatoms. The second kappa shape index (κ2) is 8.93. The van der Waals surface area contributed by atoms with Gasteiger partial charge in [0.2, 0.25) is 0 Å². The van der Waals surface area contributed by atoms with E-state index in [4.69, 9.17) is 16.6 Å². The van der Waals surface area contributed by atoms with E-state index in [2.05, 4.69) is 21.5 Å². The molecule has 0 spiro atoms. The number of pyridine rings is 1. The van der Waals surface area contributed by atoms with Crippen LogP contribution in [-0.4, -0.2) is 60.0 Å². The number of amides is 1. The fraction of sp³-hybridized carbons (Fsp3) is 0.261. The Bertz CT molecular complexity index is 1380. The fourth-order valence-corrected chi connectivity index (χ4v) is 5.27. The zero-order valence-electron chi connectivity index (χ0n) is 18.3. The molecule has 4 aromatic rings. The number of hydrogen-bond donors (Lipinski definition) is 3. The standard InChI is InChI=1S/C23H24N8O2S/c1-2-18(32)30-10-4-5-13(11-30)31-23-19(21(24)26-12-27-23)20(29-31)17-9-8-16(34-17)14-6-3-7-15(28-14)22(25)33/h2-3,6-9,12-13,18,32H,1,4-5,10-11H2,(H2,25,33)(H2,24,26,27)/t13-,18?/m1/s1. The lowest BCUT2D eigenvalue weighted by molar-refractivity contribution is 0.0127. The molecular weight excluding hydrogens is 452 g/mol. The first kappa shape index (κ1) is 22.1. The number of aliphatic hydroxyl groups excluding tert-OH is 1. The van der Waals surface area contributed by atoms with E-state index in [0.29, 0.717) is 34.8 Å². The van der Waals surface area contributed by atoms with Gasteiger partial charge in [0.1, 0.15) is 29.8 Å². The van der Waals surface area contributed by atoms with Crippen LogP contribution in [0.5, 0.6) is 0 Å². The number of hydrogen-bond acceptors (Lipinski definition) is 9. The molecule has 34 heavy (non-hydrogen) atoms. The third kappa shape index (κ3) is 3.94. The van der Waals surface area contributed by atoms with Crippen LogP contribution in [0.4, 0.5) is 5.82 Å². The number of carbonyl (C=O) groups is 1. The molecule has 0 bridgehead atoms. The number of likely N-dealkylation sites (tertiary alicyclic amines) is 1. The quantitative estimate of drug-likeness (QED) is 0.359. The first-order chi connectivity index (χ1) is 16.5. The molecule has 2 atom stereocenters. The van der Waals surface area contributed by atoms with Gasteiger partial charge in [-0.15, -0.1) is 11.3 Å². The number of anilines is 1. The van der Waals surface area contributed by atoms with Crippen molar-refractivity contribution in [3.63, 3.8) is 0 Å². The Kier molecular flexibility index (Phi) is 5.82. The molecule has 1 aliphatic heterocycles. The van der Waals surface area contributed by atoms with E-state index in [1.807, 2.05) is 27.8 Å². The number of thiophene rings is 1. The number of carbonyl (C=O) groups excluding carboxylic acids is 1. The molecule has 174 valence electrons. The monoisotopic (exact) mass is 476 g/mol. The van der Waals surface area contributed by atoms with Crippen LogP contribution in [-0.2, 0) is 0 Å². The van der Waals surface area contributed by atoms with E-state index in [-0.39, 0.29) is 11.7 Å². The van der Waals surface area contributed by atoms with Crippen molar-refractivity contribution in [1.82, 2.24) is 29.6 Å². The van der Waals surface area contributed by atoms with Crippen LogP contribution in [0.3, 0.4) is 0 Å². The van der Waals surface area contributed by atoms with E-state index >= 15 is 0 Å². The summed E-state index contributed by atoms with van der Waals surface area (Å²) in [6.45, 7) is 5.11. The predicted octanol–water partition coefficient (Wildman–Crippen LogP) is 2.44. The van der Waals surface area contributed by atoms with Gasteiger partial charge in [-0.3, -0.25) is 9.69 Å². The third-order valence-corrected chi connectivity index (χ3v) is 7.08. The molecule has 1 fully saturated rings. The van der Waals surface area contributed by atoms with Crippen LogP contribution < -0.4 is 11.5 Å². The Labute approximate surface area is 199 Å². The summed E-state index contributed by atoms with van der Waals surface area (Å²) in [4.78, 5) is 28.3. The smallest absolute Gasteiger partial charge is 0.267 e. The molecule has 1 aliphatic rings. The largest absolute Gasteiger partial charge is 0.383 e. The average Bonchev–Trinajstić information content (AvgIpc) is 3.50.